The summed E-state index contributed by atoms with van der Waals surface area (Å²) in [7, 11) is 0. The molecule has 2 N–H and O–H groups in total. The van der Waals surface area contributed by atoms with Crippen molar-refractivity contribution < 1.29 is 18.3 Å². The van der Waals surface area contributed by atoms with Gasteiger partial charge in [0.2, 0.25) is 0 Å². The molecule has 0 aliphatic carbocycles. The van der Waals surface area contributed by atoms with Crippen molar-refractivity contribution in [2.75, 3.05) is 11.9 Å². The average Bonchev–Trinajstić information content (AvgIpc) is 2.42. The first-order chi connectivity index (χ1) is 9.08. The molecule has 0 aliphatic rings. The van der Waals surface area contributed by atoms with Crippen molar-refractivity contribution in [2.45, 2.75) is 6.10 Å². The van der Waals surface area contributed by atoms with Gasteiger partial charge in [-0.25, -0.2) is 13.2 Å². The van der Waals surface area contributed by atoms with E-state index in [0.717, 1.165) is 6.07 Å². The molecule has 2 aromatic rings. The Labute approximate surface area is 108 Å². The highest BCUT2D eigenvalue weighted by atomic mass is 19.2. The average molecular weight is 267 g/mol. The van der Waals surface area contributed by atoms with E-state index in [4.69, 9.17) is 0 Å². The number of aliphatic hydroxyl groups excluding tert-OH is 1. The van der Waals surface area contributed by atoms with Gasteiger partial charge < -0.3 is 10.4 Å². The van der Waals surface area contributed by atoms with E-state index in [0.29, 0.717) is 11.6 Å². The van der Waals surface area contributed by atoms with Crippen molar-refractivity contribution in [1.29, 1.82) is 0 Å². The molecule has 1 atom stereocenters. The Kier molecular flexibility index (Phi) is 4.06. The molecule has 0 aliphatic heterocycles. The Hall–Kier alpha value is -2.01. The first-order valence-corrected chi connectivity index (χ1v) is 5.69. The summed E-state index contributed by atoms with van der Waals surface area (Å²) in [5, 5.41) is 12.4. The number of hydrogen-bond donors (Lipinski definition) is 2. The fourth-order valence-electron chi connectivity index (χ4n) is 1.66. The van der Waals surface area contributed by atoms with E-state index in [1.54, 1.807) is 30.3 Å². The number of aliphatic hydroxyl groups is 1. The minimum absolute atomic E-state index is 0.00793. The first-order valence-electron chi connectivity index (χ1n) is 5.69. The van der Waals surface area contributed by atoms with Gasteiger partial charge in [0, 0.05) is 18.7 Å². The summed E-state index contributed by atoms with van der Waals surface area (Å²) in [6, 6.07) is 9.95. The number of rotatable bonds is 4. The Morgan fingerprint density at radius 2 is 1.58 bits per heavy atom. The summed E-state index contributed by atoms with van der Waals surface area (Å²) in [5.74, 6) is -3.29. The van der Waals surface area contributed by atoms with Gasteiger partial charge in [-0.05, 0) is 5.56 Å². The zero-order valence-electron chi connectivity index (χ0n) is 9.91. The molecule has 2 nitrogen and oxygen atoms in total. The molecular weight excluding hydrogens is 255 g/mol. The summed E-state index contributed by atoms with van der Waals surface area (Å²) < 4.78 is 39.0. The van der Waals surface area contributed by atoms with E-state index in [-0.39, 0.29) is 12.2 Å². The number of hydrogen-bond acceptors (Lipinski definition) is 2. The zero-order valence-corrected chi connectivity index (χ0v) is 9.91. The van der Waals surface area contributed by atoms with Crippen molar-refractivity contribution in [3.63, 3.8) is 0 Å². The lowest BCUT2D eigenvalue weighted by molar-refractivity contribution is 0.191. The Balaban J connectivity index is 2.05. The van der Waals surface area contributed by atoms with Crippen LogP contribution in [0.2, 0.25) is 0 Å². The van der Waals surface area contributed by atoms with Crippen molar-refractivity contribution >= 4 is 5.69 Å². The quantitative estimate of drug-likeness (QED) is 0.833. The lowest BCUT2D eigenvalue weighted by Gasteiger charge is -2.13. The van der Waals surface area contributed by atoms with Crippen LogP contribution in [0.3, 0.4) is 0 Å². The van der Waals surface area contributed by atoms with Gasteiger partial charge in [-0.15, -0.1) is 0 Å². The predicted octanol–water partition coefficient (Wildman–Crippen LogP) is 3.25. The molecule has 0 saturated heterocycles. The molecule has 0 fully saturated rings. The second-order valence-electron chi connectivity index (χ2n) is 4.05. The summed E-state index contributed by atoms with van der Waals surface area (Å²) in [5.41, 5.74) is 0.465. The minimum Gasteiger partial charge on any atom is -0.387 e. The predicted molar refractivity (Wildman–Crippen MR) is 66.2 cm³/mol. The van der Waals surface area contributed by atoms with Crippen LogP contribution in [0.1, 0.15) is 11.7 Å². The fourth-order valence-corrected chi connectivity index (χ4v) is 1.66. The Morgan fingerprint density at radius 3 is 2.26 bits per heavy atom. The van der Waals surface area contributed by atoms with Crippen molar-refractivity contribution in [1.82, 2.24) is 0 Å². The van der Waals surface area contributed by atoms with Crippen LogP contribution >= 0.6 is 0 Å². The Morgan fingerprint density at radius 1 is 0.947 bits per heavy atom. The second-order valence-corrected chi connectivity index (χ2v) is 4.05. The third-order valence-corrected chi connectivity index (χ3v) is 2.68. The lowest BCUT2D eigenvalue weighted by Crippen LogP contribution is -2.13. The fraction of sp³-hybridized carbons (Fsp3) is 0.143. The summed E-state index contributed by atoms with van der Waals surface area (Å²) in [6.07, 6.45) is -0.867. The molecule has 0 spiro atoms. The number of benzene rings is 2. The van der Waals surface area contributed by atoms with E-state index in [1.165, 1.54) is 0 Å². The largest absolute Gasteiger partial charge is 0.387 e. The highest BCUT2D eigenvalue weighted by Gasteiger charge is 2.12. The molecule has 100 valence electrons. The van der Waals surface area contributed by atoms with E-state index in [1.807, 2.05) is 0 Å². The molecule has 0 bridgehead atoms. The molecule has 0 aromatic heterocycles. The van der Waals surface area contributed by atoms with Gasteiger partial charge in [-0.1, -0.05) is 30.3 Å². The zero-order chi connectivity index (χ0) is 13.8. The molecule has 2 rings (SSSR count). The van der Waals surface area contributed by atoms with Gasteiger partial charge in [0.15, 0.2) is 11.6 Å². The van der Waals surface area contributed by atoms with Crippen molar-refractivity contribution in [3.8, 4) is 0 Å². The normalized spacial score (nSPS) is 12.2. The van der Waals surface area contributed by atoms with E-state index in [9.17, 15) is 18.3 Å². The second kappa shape index (κ2) is 5.75. The van der Waals surface area contributed by atoms with E-state index >= 15 is 0 Å². The molecule has 0 saturated carbocycles. The third-order valence-electron chi connectivity index (χ3n) is 2.68. The molecule has 2 aromatic carbocycles. The molecule has 0 amide bonds. The molecule has 5 heteroatoms. The monoisotopic (exact) mass is 267 g/mol. The highest BCUT2D eigenvalue weighted by Crippen LogP contribution is 2.20. The molecule has 19 heavy (non-hydrogen) atoms. The van der Waals surface area contributed by atoms with E-state index in [2.05, 4.69) is 5.32 Å². The maximum Gasteiger partial charge on any atom is 0.161 e. The number of halogens is 3. The summed E-state index contributed by atoms with van der Waals surface area (Å²) >= 11 is 0. The Bertz CT molecular complexity index is 560. The van der Waals surface area contributed by atoms with Crippen molar-refractivity contribution in [3.05, 3.63) is 65.5 Å². The van der Waals surface area contributed by atoms with Crippen molar-refractivity contribution in [2.24, 2.45) is 0 Å². The maximum absolute atomic E-state index is 13.3. The molecular formula is C14H12F3NO. The maximum atomic E-state index is 13.3. The summed E-state index contributed by atoms with van der Waals surface area (Å²) in [4.78, 5) is 0. The van der Waals surface area contributed by atoms with Crippen LogP contribution in [0.25, 0.3) is 0 Å². The smallest absolute Gasteiger partial charge is 0.161 e. The van der Waals surface area contributed by atoms with Gasteiger partial charge in [-0.3, -0.25) is 0 Å². The highest BCUT2D eigenvalue weighted by molar-refractivity contribution is 5.45. The topological polar surface area (TPSA) is 32.3 Å². The number of nitrogens with one attached hydrogen (secondary N) is 1. The van der Waals surface area contributed by atoms with Gasteiger partial charge in [0.1, 0.15) is 5.82 Å². The summed E-state index contributed by atoms with van der Waals surface area (Å²) in [6.45, 7) is -0.00793. The molecule has 0 radical (unpaired) electrons. The van der Waals surface area contributed by atoms with Crippen LogP contribution in [0.4, 0.5) is 18.9 Å². The van der Waals surface area contributed by atoms with Crippen LogP contribution in [0, 0.1) is 17.5 Å². The van der Waals surface area contributed by atoms with Crippen LogP contribution in [-0.4, -0.2) is 11.7 Å². The molecule has 1 unspecified atom stereocenters. The lowest BCUT2D eigenvalue weighted by atomic mass is 10.1. The van der Waals surface area contributed by atoms with E-state index < -0.39 is 23.6 Å². The van der Waals surface area contributed by atoms with Crippen LogP contribution < -0.4 is 5.32 Å². The standard InChI is InChI=1S/C14H12F3NO/c15-10-6-12(17)13(7-11(10)16)18-8-14(19)9-4-2-1-3-5-9/h1-7,14,18-19H,8H2. The van der Waals surface area contributed by atoms with Crippen LogP contribution in [0.5, 0.6) is 0 Å². The first kappa shape index (κ1) is 13.4. The van der Waals surface area contributed by atoms with Crippen LogP contribution in [-0.2, 0) is 0 Å². The number of anilines is 1. The van der Waals surface area contributed by atoms with Gasteiger partial charge in [-0.2, -0.15) is 0 Å². The molecule has 0 heterocycles. The van der Waals surface area contributed by atoms with Gasteiger partial charge >= 0.3 is 0 Å². The SMILES string of the molecule is OC(CNc1cc(F)c(F)cc1F)c1ccccc1. The third kappa shape index (κ3) is 3.26. The van der Waals surface area contributed by atoms with Crippen LogP contribution in [0.15, 0.2) is 42.5 Å². The minimum atomic E-state index is -1.24. The van der Waals surface area contributed by atoms with Gasteiger partial charge in [0.25, 0.3) is 0 Å². The van der Waals surface area contributed by atoms with Gasteiger partial charge in [0.05, 0.1) is 11.8 Å².